The van der Waals surface area contributed by atoms with Gasteiger partial charge in [-0.05, 0) is 25.0 Å². The molecular formula is C16H20FNO4S. The van der Waals surface area contributed by atoms with E-state index >= 15 is 0 Å². The normalized spacial score (nSPS) is 22.6. The van der Waals surface area contributed by atoms with Crippen LogP contribution in [-0.2, 0) is 21.2 Å². The first kappa shape index (κ1) is 16.2. The predicted molar refractivity (Wildman–Crippen MR) is 83.3 cm³/mol. The van der Waals surface area contributed by atoms with Crippen LogP contribution in [0.5, 0.6) is 5.75 Å². The van der Waals surface area contributed by atoms with Crippen molar-refractivity contribution in [1.29, 1.82) is 0 Å². The summed E-state index contributed by atoms with van der Waals surface area (Å²) in [5.74, 6) is 0.0251. The van der Waals surface area contributed by atoms with Crippen molar-refractivity contribution in [3.63, 3.8) is 0 Å². The lowest BCUT2D eigenvalue weighted by Gasteiger charge is -2.36. The summed E-state index contributed by atoms with van der Waals surface area (Å²) >= 11 is 0. The Morgan fingerprint density at radius 3 is 2.70 bits per heavy atom. The summed E-state index contributed by atoms with van der Waals surface area (Å²) in [4.78, 5) is 14.5. The Morgan fingerprint density at radius 2 is 2.00 bits per heavy atom. The van der Waals surface area contributed by atoms with Crippen LogP contribution in [0.4, 0.5) is 4.39 Å². The van der Waals surface area contributed by atoms with Crippen molar-refractivity contribution in [2.24, 2.45) is 5.41 Å². The zero-order valence-corrected chi connectivity index (χ0v) is 13.9. The zero-order valence-electron chi connectivity index (χ0n) is 13.0. The van der Waals surface area contributed by atoms with Crippen LogP contribution in [0.25, 0.3) is 0 Å². The number of amides is 1. The third-order valence-corrected chi connectivity index (χ3v) is 6.43. The topological polar surface area (TPSA) is 63.7 Å². The quantitative estimate of drug-likeness (QED) is 0.781. The minimum atomic E-state index is -3.04. The van der Waals surface area contributed by atoms with Crippen molar-refractivity contribution in [2.75, 3.05) is 24.7 Å². The molecule has 0 aromatic heterocycles. The number of halogens is 1. The van der Waals surface area contributed by atoms with Crippen LogP contribution in [0.15, 0.2) is 18.2 Å². The van der Waals surface area contributed by atoms with Gasteiger partial charge in [0, 0.05) is 11.0 Å². The van der Waals surface area contributed by atoms with Gasteiger partial charge in [0.25, 0.3) is 0 Å². The molecule has 126 valence electrons. The molecule has 3 rings (SSSR count). The van der Waals surface area contributed by atoms with E-state index in [9.17, 15) is 17.6 Å². The minimum Gasteiger partial charge on any atom is -0.491 e. The maximum Gasteiger partial charge on any atom is 0.228 e. The average Bonchev–Trinajstić information content (AvgIpc) is 2.73. The lowest BCUT2D eigenvalue weighted by molar-refractivity contribution is -0.142. The maximum absolute atomic E-state index is 14.0. The van der Waals surface area contributed by atoms with Crippen LogP contribution in [0.3, 0.4) is 0 Å². The molecule has 0 aliphatic carbocycles. The Labute approximate surface area is 135 Å². The first-order valence-electron chi connectivity index (χ1n) is 7.71. The van der Waals surface area contributed by atoms with Crippen LogP contribution in [0, 0.1) is 11.2 Å². The number of carbonyl (C=O) groups is 1. The fraction of sp³-hybridized carbons (Fsp3) is 0.562. The number of rotatable bonds is 1. The monoisotopic (exact) mass is 341 g/mol. The summed E-state index contributed by atoms with van der Waals surface area (Å²) in [5.41, 5.74) is -0.327. The second-order valence-corrected chi connectivity index (χ2v) is 8.81. The Balaban J connectivity index is 1.82. The van der Waals surface area contributed by atoms with E-state index in [4.69, 9.17) is 4.74 Å². The Kier molecular flexibility index (Phi) is 4.08. The second kappa shape index (κ2) is 5.78. The van der Waals surface area contributed by atoms with Gasteiger partial charge >= 0.3 is 0 Å². The van der Waals surface area contributed by atoms with E-state index in [1.54, 1.807) is 24.0 Å². The Hall–Kier alpha value is -1.63. The molecule has 0 radical (unpaired) electrons. The molecule has 0 atom stereocenters. The molecule has 0 saturated carbocycles. The van der Waals surface area contributed by atoms with Crippen molar-refractivity contribution >= 4 is 15.7 Å². The number of ether oxygens (including phenoxy) is 1. The summed E-state index contributed by atoms with van der Waals surface area (Å²) in [6, 6.07) is 4.63. The zero-order chi connectivity index (χ0) is 16.7. The van der Waals surface area contributed by atoms with Gasteiger partial charge in [-0.15, -0.1) is 0 Å². The first-order chi connectivity index (χ1) is 10.8. The van der Waals surface area contributed by atoms with E-state index in [0.717, 1.165) is 0 Å². The molecule has 2 heterocycles. The van der Waals surface area contributed by atoms with E-state index in [0.29, 0.717) is 37.3 Å². The smallest absolute Gasteiger partial charge is 0.228 e. The van der Waals surface area contributed by atoms with Crippen LogP contribution >= 0.6 is 0 Å². The summed E-state index contributed by atoms with van der Waals surface area (Å²) < 4.78 is 42.8. The van der Waals surface area contributed by atoms with Crippen LogP contribution in [-0.4, -0.2) is 43.9 Å². The fourth-order valence-electron chi connectivity index (χ4n) is 3.12. The number of carbonyl (C=O) groups excluding carboxylic acids is 1. The van der Waals surface area contributed by atoms with Gasteiger partial charge < -0.3 is 9.64 Å². The van der Waals surface area contributed by atoms with Gasteiger partial charge in [0.15, 0.2) is 0 Å². The number of hydrogen-bond donors (Lipinski definition) is 0. The third kappa shape index (κ3) is 3.20. The van der Waals surface area contributed by atoms with Gasteiger partial charge in [-0.3, -0.25) is 4.79 Å². The summed E-state index contributed by atoms with van der Waals surface area (Å²) in [6.07, 6.45) is 0.630. The highest BCUT2D eigenvalue weighted by atomic mass is 32.2. The molecule has 5 nitrogen and oxygen atoms in total. The molecule has 1 aromatic carbocycles. The maximum atomic E-state index is 14.0. The van der Waals surface area contributed by atoms with Gasteiger partial charge in [-0.2, -0.15) is 0 Å². The highest BCUT2D eigenvalue weighted by Gasteiger charge is 2.42. The summed E-state index contributed by atoms with van der Waals surface area (Å²) in [5, 5.41) is 0. The van der Waals surface area contributed by atoms with Gasteiger partial charge in [0.05, 0.1) is 24.6 Å². The van der Waals surface area contributed by atoms with E-state index < -0.39 is 21.1 Å². The highest BCUT2D eigenvalue weighted by molar-refractivity contribution is 7.91. The largest absolute Gasteiger partial charge is 0.491 e. The number of nitrogens with zero attached hydrogens (tertiary/aromatic N) is 1. The predicted octanol–water partition coefficient (Wildman–Crippen LogP) is 1.76. The van der Waals surface area contributed by atoms with Crippen molar-refractivity contribution in [1.82, 2.24) is 4.90 Å². The van der Waals surface area contributed by atoms with Gasteiger partial charge in [-0.1, -0.05) is 13.0 Å². The first-order valence-corrected chi connectivity index (χ1v) is 9.53. The van der Waals surface area contributed by atoms with Crippen LogP contribution < -0.4 is 4.74 Å². The standard InChI is InChI=1S/C16H20FNO4S/c1-16(5-9-23(20,21)10-6-16)15(19)18-7-8-22-14-4-2-3-13(17)12(14)11-18/h2-4H,5-11H2,1H3. The van der Waals surface area contributed by atoms with Gasteiger partial charge in [-0.25, -0.2) is 12.8 Å². The third-order valence-electron chi connectivity index (χ3n) is 4.78. The average molecular weight is 341 g/mol. The van der Waals surface area contributed by atoms with Crippen molar-refractivity contribution in [3.05, 3.63) is 29.6 Å². The van der Waals surface area contributed by atoms with Crippen molar-refractivity contribution < 1.29 is 22.3 Å². The van der Waals surface area contributed by atoms with Gasteiger partial charge in [0.2, 0.25) is 5.91 Å². The molecule has 1 aromatic rings. The lowest BCUT2D eigenvalue weighted by atomic mass is 9.82. The van der Waals surface area contributed by atoms with E-state index in [2.05, 4.69) is 0 Å². The second-order valence-electron chi connectivity index (χ2n) is 6.50. The molecular weight excluding hydrogens is 321 g/mol. The number of hydrogen-bond acceptors (Lipinski definition) is 4. The molecule has 7 heteroatoms. The Bertz CT molecular complexity index is 718. The molecule has 1 saturated heterocycles. The van der Waals surface area contributed by atoms with E-state index in [1.165, 1.54) is 6.07 Å². The molecule has 0 bridgehead atoms. The molecule has 2 aliphatic rings. The molecule has 1 amide bonds. The molecule has 1 fully saturated rings. The molecule has 0 spiro atoms. The SMILES string of the molecule is CC1(C(=O)N2CCOc3cccc(F)c3C2)CCS(=O)(=O)CC1. The summed E-state index contributed by atoms with van der Waals surface area (Å²) in [6.45, 7) is 2.63. The molecule has 0 N–H and O–H groups in total. The number of benzene rings is 1. The van der Waals surface area contributed by atoms with Crippen LogP contribution in [0.2, 0.25) is 0 Å². The minimum absolute atomic E-state index is 0.0323. The lowest BCUT2D eigenvalue weighted by Crippen LogP contribution is -2.46. The summed E-state index contributed by atoms with van der Waals surface area (Å²) in [7, 11) is -3.04. The Morgan fingerprint density at radius 1 is 1.30 bits per heavy atom. The van der Waals surface area contributed by atoms with Crippen molar-refractivity contribution in [3.8, 4) is 5.75 Å². The van der Waals surface area contributed by atoms with E-state index in [-0.39, 0.29) is 24.0 Å². The number of sulfone groups is 1. The fourth-order valence-corrected chi connectivity index (χ4v) is 4.85. The van der Waals surface area contributed by atoms with Gasteiger partial charge in [0.1, 0.15) is 28.0 Å². The molecule has 23 heavy (non-hydrogen) atoms. The molecule has 0 unspecified atom stereocenters. The molecule has 2 aliphatic heterocycles. The number of fused-ring (bicyclic) bond motifs is 1. The van der Waals surface area contributed by atoms with Crippen LogP contribution in [0.1, 0.15) is 25.3 Å². The van der Waals surface area contributed by atoms with Crippen molar-refractivity contribution in [2.45, 2.75) is 26.3 Å². The van der Waals surface area contributed by atoms with E-state index in [1.807, 2.05) is 0 Å². The highest BCUT2D eigenvalue weighted by Crippen LogP contribution is 2.35.